The van der Waals surface area contributed by atoms with Crippen molar-refractivity contribution in [2.45, 2.75) is 19.0 Å². The minimum absolute atomic E-state index is 0.0317. The van der Waals surface area contributed by atoms with Gasteiger partial charge >= 0.3 is 5.63 Å². The van der Waals surface area contributed by atoms with Gasteiger partial charge in [-0.15, -0.1) is 0 Å². The Balaban J connectivity index is 1.64. The molecule has 1 amide bonds. The van der Waals surface area contributed by atoms with Crippen molar-refractivity contribution in [3.05, 3.63) is 94.3 Å². The quantitative estimate of drug-likeness (QED) is 0.394. The van der Waals surface area contributed by atoms with Gasteiger partial charge in [0.15, 0.2) is 0 Å². The smallest absolute Gasteiger partial charge is 0.351 e. The lowest BCUT2D eigenvalue weighted by molar-refractivity contribution is -0.131. The van der Waals surface area contributed by atoms with E-state index in [1.807, 2.05) is 54.6 Å². The van der Waals surface area contributed by atoms with E-state index >= 15 is 0 Å². The molecule has 0 aliphatic heterocycles. The van der Waals surface area contributed by atoms with Crippen LogP contribution in [0.5, 0.6) is 11.5 Å². The molecular formula is C27H27N3O5. The molecule has 35 heavy (non-hydrogen) atoms. The number of hydrogen-bond acceptors (Lipinski definition) is 7. The number of fused-ring (bicyclic) bond motifs is 1. The van der Waals surface area contributed by atoms with Crippen LogP contribution in [0, 0.1) is 0 Å². The highest BCUT2D eigenvalue weighted by atomic mass is 16.5. The number of benzene rings is 3. The van der Waals surface area contributed by atoms with E-state index in [9.17, 15) is 9.59 Å². The predicted molar refractivity (Wildman–Crippen MR) is 134 cm³/mol. The Morgan fingerprint density at radius 2 is 1.71 bits per heavy atom. The standard InChI is InChI=1S/C27H27N3O5/c1-30(17-19-8-5-4-6-9-19)25(31)22(16-18-12-14-20(33-2)15-13-18)29-27-28-21-10-7-11-23(34-3)24(21)26(32)35-27/h4-15,22H,16-17H2,1-3H3,(H,28,29)/t22-/m0/s1. The predicted octanol–water partition coefficient (Wildman–Crippen LogP) is 3.89. The minimum atomic E-state index is -0.726. The summed E-state index contributed by atoms with van der Waals surface area (Å²) in [6.45, 7) is 0.437. The highest BCUT2D eigenvalue weighted by molar-refractivity contribution is 5.86. The molecule has 1 atom stereocenters. The number of nitrogens with zero attached hydrogens (tertiary/aromatic N) is 2. The maximum absolute atomic E-state index is 13.5. The van der Waals surface area contributed by atoms with Crippen molar-refractivity contribution in [1.82, 2.24) is 9.88 Å². The molecule has 0 radical (unpaired) electrons. The van der Waals surface area contributed by atoms with E-state index in [4.69, 9.17) is 13.9 Å². The van der Waals surface area contributed by atoms with E-state index in [0.29, 0.717) is 24.2 Å². The fourth-order valence-corrected chi connectivity index (χ4v) is 3.87. The molecule has 0 bridgehead atoms. The third-order valence-corrected chi connectivity index (χ3v) is 5.67. The zero-order valence-corrected chi connectivity index (χ0v) is 19.9. The van der Waals surface area contributed by atoms with Crippen molar-refractivity contribution < 1.29 is 18.7 Å². The number of carbonyl (C=O) groups excluding carboxylic acids is 1. The summed E-state index contributed by atoms with van der Waals surface area (Å²) < 4.78 is 15.9. The van der Waals surface area contributed by atoms with Crippen LogP contribution < -0.4 is 20.4 Å². The fourth-order valence-electron chi connectivity index (χ4n) is 3.87. The first-order chi connectivity index (χ1) is 17.0. The van der Waals surface area contributed by atoms with Crippen LogP contribution in [-0.4, -0.2) is 43.1 Å². The van der Waals surface area contributed by atoms with Crippen LogP contribution in [0.1, 0.15) is 11.1 Å². The molecule has 1 aromatic heterocycles. The number of amides is 1. The summed E-state index contributed by atoms with van der Waals surface area (Å²) in [4.78, 5) is 32.3. The van der Waals surface area contributed by atoms with Crippen molar-refractivity contribution in [3.63, 3.8) is 0 Å². The van der Waals surface area contributed by atoms with E-state index in [-0.39, 0.29) is 17.3 Å². The Morgan fingerprint density at radius 3 is 2.40 bits per heavy atom. The number of ether oxygens (including phenoxy) is 2. The molecule has 0 aliphatic carbocycles. The van der Waals surface area contributed by atoms with Gasteiger partial charge in [-0.05, 0) is 35.4 Å². The van der Waals surface area contributed by atoms with E-state index in [2.05, 4.69) is 10.3 Å². The second kappa shape index (κ2) is 10.7. The van der Waals surface area contributed by atoms with Crippen LogP contribution in [0.15, 0.2) is 82.0 Å². The molecule has 0 aliphatic rings. The van der Waals surface area contributed by atoms with E-state index in [1.165, 1.54) is 7.11 Å². The van der Waals surface area contributed by atoms with Crippen molar-refractivity contribution >= 4 is 22.8 Å². The van der Waals surface area contributed by atoms with Crippen LogP contribution in [0.2, 0.25) is 0 Å². The van der Waals surface area contributed by atoms with Crippen molar-refractivity contribution in [2.24, 2.45) is 0 Å². The van der Waals surface area contributed by atoms with Gasteiger partial charge in [-0.1, -0.05) is 48.5 Å². The summed E-state index contributed by atoms with van der Waals surface area (Å²) in [7, 11) is 4.82. The van der Waals surface area contributed by atoms with Gasteiger partial charge in [0.25, 0.3) is 6.01 Å². The number of aromatic nitrogens is 1. The van der Waals surface area contributed by atoms with E-state index in [1.54, 1.807) is 37.3 Å². The van der Waals surface area contributed by atoms with Crippen LogP contribution in [0.25, 0.3) is 10.9 Å². The number of likely N-dealkylation sites (N-methyl/N-ethyl adjacent to an activating group) is 1. The average Bonchev–Trinajstić information content (AvgIpc) is 2.88. The number of nitrogens with one attached hydrogen (secondary N) is 1. The molecule has 4 aromatic rings. The summed E-state index contributed by atoms with van der Waals surface area (Å²) in [6.07, 6.45) is 0.351. The van der Waals surface area contributed by atoms with Gasteiger partial charge in [-0.2, -0.15) is 4.98 Å². The van der Waals surface area contributed by atoms with Crippen molar-refractivity contribution in [3.8, 4) is 11.5 Å². The normalized spacial score (nSPS) is 11.6. The van der Waals surface area contributed by atoms with Crippen LogP contribution in [-0.2, 0) is 17.8 Å². The Morgan fingerprint density at radius 1 is 0.971 bits per heavy atom. The SMILES string of the molecule is COc1ccc(C[C@H](Nc2nc3cccc(OC)c3c(=O)o2)C(=O)N(C)Cc2ccccc2)cc1. The van der Waals surface area contributed by atoms with Crippen LogP contribution >= 0.6 is 0 Å². The second-order valence-corrected chi connectivity index (χ2v) is 8.09. The number of carbonyl (C=O) groups is 1. The Bertz CT molecular complexity index is 1350. The molecule has 0 saturated heterocycles. The largest absolute Gasteiger partial charge is 0.497 e. The van der Waals surface area contributed by atoms with Gasteiger partial charge in [-0.25, -0.2) is 4.79 Å². The van der Waals surface area contributed by atoms with Gasteiger partial charge in [0.2, 0.25) is 5.91 Å². The molecule has 180 valence electrons. The first kappa shape index (κ1) is 23.8. The van der Waals surface area contributed by atoms with Crippen LogP contribution in [0.4, 0.5) is 6.01 Å². The Labute approximate surface area is 203 Å². The van der Waals surface area contributed by atoms with Gasteiger partial charge in [0.1, 0.15) is 22.9 Å². The zero-order chi connectivity index (χ0) is 24.8. The van der Waals surface area contributed by atoms with Gasteiger partial charge in [-0.3, -0.25) is 4.79 Å². The van der Waals surface area contributed by atoms with Gasteiger partial charge in [0.05, 0.1) is 19.7 Å². The number of hydrogen-bond donors (Lipinski definition) is 1. The highest BCUT2D eigenvalue weighted by Gasteiger charge is 2.25. The van der Waals surface area contributed by atoms with E-state index in [0.717, 1.165) is 16.9 Å². The maximum atomic E-state index is 13.5. The van der Waals surface area contributed by atoms with Crippen molar-refractivity contribution in [1.29, 1.82) is 0 Å². The number of anilines is 1. The first-order valence-corrected chi connectivity index (χ1v) is 11.1. The molecule has 1 N–H and O–H groups in total. The molecule has 8 nitrogen and oxygen atoms in total. The highest BCUT2D eigenvalue weighted by Crippen LogP contribution is 2.23. The molecule has 1 heterocycles. The molecule has 8 heteroatoms. The zero-order valence-electron chi connectivity index (χ0n) is 19.9. The minimum Gasteiger partial charge on any atom is -0.497 e. The van der Waals surface area contributed by atoms with Gasteiger partial charge in [0, 0.05) is 20.0 Å². The fraction of sp³-hybridized carbons (Fsp3) is 0.222. The van der Waals surface area contributed by atoms with E-state index < -0.39 is 11.7 Å². The third kappa shape index (κ3) is 5.60. The number of methoxy groups -OCH3 is 2. The van der Waals surface area contributed by atoms with Crippen molar-refractivity contribution in [2.75, 3.05) is 26.6 Å². The average molecular weight is 474 g/mol. The summed E-state index contributed by atoms with van der Waals surface area (Å²) >= 11 is 0. The lowest BCUT2D eigenvalue weighted by Gasteiger charge is -2.25. The molecule has 0 unspecified atom stereocenters. The Kier molecular flexibility index (Phi) is 7.30. The number of rotatable bonds is 9. The van der Waals surface area contributed by atoms with Crippen LogP contribution in [0.3, 0.4) is 0 Å². The molecule has 4 rings (SSSR count). The molecular weight excluding hydrogens is 446 g/mol. The lowest BCUT2D eigenvalue weighted by atomic mass is 10.0. The molecule has 0 saturated carbocycles. The molecule has 0 spiro atoms. The summed E-state index contributed by atoms with van der Waals surface area (Å²) in [6, 6.07) is 21.5. The second-order valence-electron chi connectivity index (χ2n) is 8.09. The third-order valence-electron chi connectivity index (χ3n) is 5.67. The molecule has 3 aromatic carbocycles. The lowest BCUT2D eigenvalue weighted by Crippen LogP contribution is -2.42. The summed E-state index contributed by atoms with van der Waals surface area (Å²) in [5, 5.41) is 3.30. The first-order valence-electron chi connectivity index (χ1n) is 11.1. The maximum Gasteiger partial charge on any atom is 0.351 e. The Hall–Kier alpha value is -4.33. The summed E-state index contributed by atoms with van der Waals surface area (Å²) in [5.74, 6) is 0.936. The molecule has 0 fully saturated rings. The summed E-state index contributed by atoms with van der Waals surface area (Å²) in [5.41, 5.74) is 1.74. The van der Waals surface area contributed by atoms with Gasteiger partial charge < -0.3 is 24.1 Å². The topological polar surface area (TPSA) is 93.9 Å². The monoisotopic (exact) mass is 473 g/mol.